The maximum atomic E-state index is 12.4. The first-order valence-electron chi connectivity index (χ1n) is 9.47. The first kappa shape index (κ1) is 17.3. The van der Waals surface area contributed by atoms with Crippen LogP contribution >= 0.6 is 0 Å². The molecule has 144 valence electrons. The van der Waals surface area contributed by atoms with Gasteiger partial charge in [0.25, 0.3) is 5.91 Å². The molecule has 5 rings (SSSR count). The number of aromatic nitrogens is 2. The molecule has 2 aromatic carbocycles. The summed E-state index contributed by atoms with van der Waals surface area (Å²) in [6.07, 6.45) is 3.71. The molecule has 0 fully saturated rings. The Balaban J connectivity index is 1.31. The van der Waals surface area contributed by atoms with Gasteiger partial charge in [0.1, 0.15) is 24.2 Å². The van der Waals surface area contributed by atoms with Crippen LogP contribution in [0, 0.1) is 0 Å². The van der Waals surface area contributed by atoms with E-state index in [0.717, 1.165) is 28.3 Å². The highest BCUT2D eigenvalue weighted by molar-refractivity contribution is 6.01. The zero-order valence-electron chi connectivity index (χ0n) is 15.9. The highest BCUT2D eigenvalue weighted by Crippen LogP contribution is 2.32. The van der Waals surface area contributed by atoms with Gasteiger partial charge in [-0.05, 0) is 42.0 Å². The lowest BCUT2D eigenvalue weighted by Gasteiger charge is -2.36. The molecule has 2 aromatic heterocycles. The zero-order valence-corrected chi connectivity index (χ0v) is 15.9. The molecule has 29 heavy (non-hydrogen) atoms. The number of nitrogens with one attached hydrogen (secondary N) is 1. The summed E-state index contributed by atoms with van der Waals surface area (Å²) in [5, 5.41) is 3.06. The molecule has 1 N–H and O–H groups in total. The van der Waals surface area contributed by atoms with Gasteiger partial charge in [-0.1, -0.05) is 30.3 Å². The summed E-state index contributed by atoms with van der Waals surface area (Å²) in [5.74, 6) is 0.701. The lowest BCUT2D eigenvalue weighted by Crippen LogP contribution is -2.44. The van der Waals surface area contributed by atoms with Gasteiger partial charge in [0.2, 0.25) is 0 Å². The number of carbonyl (C=O) groups is 1. The van der Waals surface area contributed by atoms with Gasteiger partial charge in [0, 0.05) is 19.4 Å². The minimum absolute atomic E-state index is 0.0594. The number of benzene rings is 2. The second-order valence-corrected chi connectivity index (χ2v) is 7.06. The van der Waals surface area contributed by atoms with E-state index in [1.807, 2.05) is 90.6 Å². The van der Waals surface area contributed by atoms with Crippen molar-refractivity contribution < 1.29 is 9.53 Å². The fraction of sp³-hybridized carbons (Fsp3) is 0.130. The van der Waals surface area contributed by atoms with Crippen molar-refractivity contribution in [2.75, 3.05) is 11.9 Å². The Morgan fingerprint density at radius 2 is 1.83 bits per heavy atom. The minimum Gasteiger partial charge on any atom is -0.487 e. The molecule has 6 nitrogen and oxygen atoms in total. The Morgan fingerprint density at radius 3 is 2.66 bits per heavy atom. The maximum absolute atomic E-state index is 12.4. The number of rotatable bonds is 4. The molecule has 0 radical (unpaired) electrons. The molecule has 4 aromatic rings. The topological polar surface area (TPSA) is 58.9 Å². The van der Waals surface area contributed by atoms with Gasteiger partial charge in [-0.15, -0.1) is 0 Å². The van der Waals surface area contributed by atoms with Crippen LogP contribution in [-0.2, 0) is 6.61 Å². The number of amides is 1. The molecular formula is C23H20N4O2. The van der Waals surface area contributed by atoms with Crippen LogP contribution in [-0.4, -0.2) is 22.3 Å². The lowest BCUT2D eigenvalue weighted by atomic mass is 10.0. The van der Waals surface area contributed by atoms with Crippen molar-refractivity contribution in [3.05, 3.63) is 95.9 Å². The van der Waals surface area contributed by atoms with Crippen molar-refractivity contribution in [2.24, 2.45) is 0 Å². The SMILES string of the molecule is CN1c2ccccc2C(=O)N[C@@H]1c1ccc(OCc2cn3ccccc3n2)cc1. The summed E-state index contributed by atoms with van der Waals surface area (Å²) in [6, 6.07) is 21.3. The first-order chi connectivity index (χ1) is 14.2. The van der Waals surface area contributed by atoms with E-state index >= 15 is 0 Å². The van der Waals surface area contributed by atoms with E-state index in [0.29, 0.717) is 12.2 Å². The molecule has 0 unspecified atom stereocenters. The molecule has 0 spiro atoms. The second kappa shape index (κ2) is 6.98. The van der Waals surface area contributed by atoms with E-state index in [9.17, 15) is 4.79 Å². The standard InChI is InChI=1S/C23H20N4O2/c1-26-20-7-3-2-6-19(20)23(28)25-22(26)16-9-11-18(12-10-16)29-15-17-14-27-13-5-4-8-21(27)24-17/h2-14,22H,15H2,1H3,(H,25,28)/t22-/m0/s1. The summed E-state index contributed by atoms with van der Waals surface area (Å²) in [5.41, 5.74) is 4.39. The number of hydrogen-bond donors (Lipinski definition) is 1. The summed E-state index contributed by atoms with van der Waals surface area (Å²) < 4.78 is 7.86. The second-order valence-electron chi connectivity index (χ2n) is 7.06. The Labute approximate surface area is 168 Å². The quantitative estimate of drug-likeness (QED) is 0.582. The van der Waals surface area contributed by atoms with Crippen LogP contribution in [0.25, 0.3) is 5.65 Å². The lowest BCUT2D eigenvalue weighted by molar-refractivity contribution is 0.0928. The molecule has 1 atom stereocenters. The average molecular weight is 384 g/mol. The van der Waals surface area contributed by atoms with Gasteiger partial charge in [-0.25, -0.2) is 4.98 Å². The third-order valence-corrected chi connectivity index (χ3v) is 5.18. The Kier molecular flexibility index (Phi) is 4.17. The maximum Gasteiger partial charge on any atom is 0.255 e. The predicted molar refractivity (Wildman–Crippen MR) is 111 cm³/mol. The number of nitrogens with zero attached hydrogens (tertiary/aromatic N) is 3. The number of fused-ring (bicyclic) bond motifs is 2. The summed E-state index contributed by atoms with van der Waals surface area (Å²) in [4.78, 5) is 19.1. The summed E-state index contributed by atoms with van der Waals surface area (Å²) >= 11 is 0. The van der Waals surface area contributed by atoms with Crippen LogP contribution in [0.5, 0.6) is 5.75 Å². The van der Waals surface area contributed by atoms with Crippen molar-refractivity contribution in [1.82, 2.24) is 14.7 Å². The van der Waals surface area contributed by atoms with Gasteiger partial charge < -0.3 is 19.4 Å². The Hall–Kier alpha value is -3.80. The zero-order chi connectivity index (χ0) is 19.8. The third-order valence-electron chi connectivity index (χ3n) is 5.18. The van der Waals surface area contributed by atoms with E-state index in [1.165, 1.54) is 0 Å². The van der Waals surface area contributed by atoms with Crippen LogP contribution in [0.4, 0.5) is 5.69 Å². The van der Waals surface area contributed by atoms with E-state index in [-0.39, 0.29) is 12.1 Å². The average Bonchev–Trinajstić information content (AvgIpc) is 3.18. The van der Waals surface area contributed by atoms with Gasteiger partial charge in [-0.3, -0.25) is 4.79 Å². The molecule has 1 amide bonds. The fourth-order valence-corrected chi connectivity index (χ4v) is 3.68. The fourth-order valence-electron chi connectivity index (χ4n) is 3.68. The molecule has 3 heterocycles. The number of pyridine rings is 1. The first-order valence-corrected chi connectivity index (χ1v) is 9.47. The number of ether oxygens (including phenoxy) is 1. The van der Waals surface area contributed by atoms with Gasteiger partial charge in [0.05, 0.1) is 16.9 Å². The van der Waals surface area contributed by atoms with Crippen molar-refractivity contribution in [3.63, 3.8) is 0 Å². The number of carbonyl (C=O) groups excluding carboxylic acids is 1. The van der Waals surface area contributed by atoms with Gasteiger partial charge in [0.15, 0.2) is 0 Å². The molecule has 0 saturated carbocycles. The number of imidazole rings is 1. The largest absolute Gasteiger partial charge is 0.487 e. The minimum atomic E-state index is -0.218. The highest BCUT2D eigenvalue weighted by Gasteiger charge is 2.28. The smallest absolute Gasteiger partial charge is 0.255 e. The summed E-state index contributed by atoms with van der Waals surface area (Å²) in [6.45, 7) is 0.397. The highest BCUT2D eigenvalue weighted by atomic mass is 16.5. The molecule has 1 aliphatic heterocycles. The van der Waals surface area contributed by atoms with Crippen LogP contribution < -0.4 is 15.0 Å². The van der Waals surface area contributed by atoms with Crippen molar-refractivity contribution in [1.29, 1.82) is 0 Å². The monoisotopic (exact) mass is 384 g/mol. The Bertz CT molecular complexity index is 1150. The van der Waals surface area contributed by atoms with Crippen LogP contribution in [0.2, 0.25) is 0 Å². The number of hydrogen-bond acceptors (Lipinski definition) is 4. The van der Waals surface area contributed by atoms with Crippen LogP contribution in [0.3, 0.4) is 0 Å². The van der Waals surface area contributed by atoms with Gasteiger partial charge in [-0.2, -0.15) is 0 Å². The number of para-hydroxylation sites is 1. The van der Waals surface area contributed by atoms with E-state index in [2.05, 4.69) is 15.2 Å². The molecule has 0 saturated heterocycles. The predicted octanol–water partition coefficient (Wildman–Crippen LogP) is 3.79. The van der Waals surface area contributed by atoms with Gasteiger partial charge >= 0.3 is 0 Å². The van der Waals surface area contributed by atoms with Crippen LogP contribution in [0.1, 0.15) is 27.8 Å². The molecule has 0 aliphatic carbocycles. The normalized spacial score (nSPS) is 15.8. The number of anilines is 1. The van der Waals surface area contributed by atoms with Crippen molar-refractivity contribution in [2.45, 2.75) is 12.8 Å². The molecule has 1 aliphatic rings. The Morgan fingerprint density at radius 1 is 1.03 bits per heavy atom. The van der Waals surface area contributed by atoms with E-state index in [4.69, 9.17) is 4.74 Å². The molecular weight excluding hydrogens is 364 g/mol. The van der Waals surface area contributed by atoms with Crippen LogP contribution in [0.15, 0.2) is 79.1 Å². The van der Waals surface area contributed by atoms with E-state index in [1.54, 1.807) is 0 Å². The summed E-state index contributed by atoms with van der Waals surface area (Å²) in [7, 11) is 1.98. The molecule has 0 bridgehead atoms. The van der Waals surface area contributed by atoms with Crippen molar-refractivity contribution >= 4 is 17.2 Å². The van der Waals surface area contributed by atoms with E-state index < -0.39 is 0 Å². The molecule has 6 heteroatoms. The van der Waals surface area contributed by atoms with Crippen molar-refractivity contribution in [3.8, 4) is 5.75 Å². The third kappa shape index (κ3) is 3.18.